The van der Waals surface area contributed by atoms with Gasteiger partial charge in [0.25, 0.3) is 0 Å². The van der Waals surface area contributed by atoms with Gasteiger partial charge in [-0.25, -0.2) is 14.8 Å². The number of nitrogens with zero attached hydrogens (tertiary/aromatic N) is 4. The first-order chi connectivity index (χ1) is 13.5. The molecule has 0 aliphatic carbocycles. The first kappa shape index (κ1) is 19.6. The summed E-state index contributed by atoms with van der Waals surface area (Å²) in [6.07, 6.45) is 5.96. The minimum Gasteiger partial charge on any atom is -0.357 e. The minimum absolute atomic E-state index is 0.167. The zero-order valence-electron chi connectivity index (χ0n) is 16.3. The third-order valence-corrected chi connectivity index (χ3v) is 4.71. The average Bonchev–Trinajstić information content (AvgIpc) is 3.25. The molecule has 0 atom stereocenters. The highest BCUT2D eigenvalue weighted by molar-refractivity contribution is 5.89. The maximum Gasteiger partial charge on any atom is 0.321 e. The molecule has 8 nitrogen and oxygen atoms in total. The fourth-order valence-corrected chi connectivity index (χ4v) is 3.09. The van der Waals surface area contributed by atoms with Crippen LogP contribution in [0.25, 0.3) is 0 Å². The van der Waals surface area contributed by atoms with E-state index in [-0.39, 0.29) is 11.9 Å². The summed E-state index contributed by atoms with van der Waals surface area (Å²) in [6, 6.07) is 7.19. The van der Waals surface area contributed by atoms with Gasteiger partial charge in [-0.2, -0.15) is 0 Å². The number of urea groups is 1. The van der Waals surface area contributed by atoms with E-state index in [1.54, 1.807) is 31.4 Å². The van der Waals surface area contributed by atoms with Crippen molar-refractivity contribution in [1.82, 2.24) is 19.8 Å². The van der Waals surface area contributed by atoms with Crippen molar-refractivity contribution in [3.63, 3.8) is 0 Å². The van der Waals surface area contributed by atoms with Crippen LogP contribution in [0, 0.1) is 0 Å². The normalized spacial score (nSPS) is 13.3. The van der Waals surface area contributed by atoms with Gasteiger partial charge in [-0.1, -0.05) is 12.1 Å². The third-order valence-electron chi connectivity index (χ3n) is 4.71. The van der Waals surface area contributed by atoms with E-state index < -0.39 is 0 Å². The number of carbonyl (C=O) groups is 2. The van der Waals surface area contributed by atoms with Crippen LogP contribution in [0.2, 0.25) is 0 Å². The average molecular weight is 382 g/mol. The smallest absolute Gasteiger partial charge is 0.321 e. The highest BCUT2D eigenvalue weighted by atomic mass is 16.2. The van der Waals surface area contributed by atoms with Gasteiger partial charge < -0.3 is 20.4 Å². The summed E-state index contributed by atoms with van der Waals surface area (Å²) < 4.78 is 0. The van der Waals surface area contributed by atoms with E-state index in [0.29, 0.717) is 24.6 Å². The number of benzene rings is 1. The molecule has 2 aromatic rings. The van der Waals surface area contributed by atoms with Crippen LogP contribution >= 0.6 is 0 Å². The SMILES string of the molecule is CNc1ncc(CN(C)C(=O)Nc2ccc(CC(=O)N3CCCC3)cc2)cn1. The maximum atomic E-state index is 12.4. The number of anilines is 2. The van der Waals surface area contributed by atoms with Gasteiger partial charge in [0, 0.05) is 50.8 Å². The fraction of sp³-hybridized carbons (Fsp3) is 0.400. The Bertz CT molecular complexity index is 800. The van der Waals surface area contributed by atoms with Crippen LogP contribution in [0.5, 0.6) is 0 Å². The number of likely N-dealkylation sites (tertiary alicyclic amines) is 1. The van der Waals surface area contributed by atoms with Crippen molar-refractivity contribution in [3.8, 4) is 0 Å². The van der Waals surface area contributed by atoms with Gasteiger partial charge in [-0.05, 0) is 30.5 Å². The molecule has 28 heavy (non-hydrogen) atoms. The molecule has 0 saturated carbocycles. The fourth-order valence-electron chi connectivity index (χ4n) is 3.09. The number of hydrogen-bond acceptors (Lipinski definition) is 5. The molecule has 1 saturated heterocycles. The summed E-state index contributed by atoms with van der Waals surface area (Å²) >= 11 is 0. The first-order valence-electron chi connectivity index (χ1n) is 9.42. The molecule has 0 spiro atoms. The number of carbonyl (C=O) groups excluding carboxylic acids is 2. The zero-order valence-corrected chi connectivity index (χ0v) is 16.3. The molecule has 3 amide bonds. The molecule has 0 bridgehead atoms. The lowest BCUT2D eigenvalue weighted by atomic mass is 10.1. The van der Waals surface area contributed by atoms with Gasteiger partial charge >= 0.3 is 6.03 Å². The maximum absolute atomic E-state index is 12.4. The molecule has 1 aromatic carbocycles. The molecule has 8 heteroatoms. The summed E-state index contributed by atoms with van der Waals surface area (Å²) in [7, 11) is 3.46. The highest BCUT2D eigenvalue weighted by Crippen LogP contribution is 2.14. The van der Waals surface area contributed by atoms with E-state index in [1.165, 1.54) is 0 Å². The Morgan fingerprint density at radius 1 is 1.07 bits per heavy atom. The van der Waals surface area contributed by atoms with Crippen molar-refractivity contribution in [2.24, 2.45) is 0 Å². The number of rotatable bonds is 6. The molecule has 0 unspecified atom stereocenters. The van der Waals surface area contributed by atoms with Crippen LogP contribution in [-0.2, 0) is 17.8 Å². The molecule has 1 aliphatic heterocycles. The molecular formula is C20H26N6O2. The lowest BCUT2D eigenvalue weighted by Gasteiger charge is -2.18. The molecule has 1 fully saturated rings. The monoisotopic (exact) mass is 382 g/mol. The van der Waals surface area contributed by atoms with Crippen molar-refractivity contribution in [3.05, 3.63) is 47.8 Å². The standard InChI is InChI=1S/C20H26N6O2/c1-21-19-22-12-16(13-23-19)14-25(2)20(28)24-17-7-5-15(6-8-17)11-18(27)26-9-3-4-10-26/h5-8,12-13H,3-4,9-11,14H2,1-2H3,(H,24,28)(H,21,22,23). The second-order valence-electron chi connectivity index (χ2n) is 6.91. The van der Waals surface area contributed by atoms with Crippen LogP contribution in [0.3, 0.4) is 0 Å². The quantitative estimate of drug-likeness (QED) is 0.800. The molecule has 148 valence electrons. The van der Waals surface area contributed by atoms with Gasteiger partial charge in [0.05, 0.1) is 13.0 Å². The minimum atomic E-state index is -0.224. The lowest BCUT2D eigenvalue weighted by molar-refractivity contribution is -0.129. The number of amides is 3. The van der Waals surface area contributed by atoms with Crippen molar-refractivity contribution >= 4 is 23.6 Å². The summed E-state index contributed by atoms with van der Waals surface area (Å²) in [5, 5.41) is 5.71. The van der Waals surface area contributed by atoms with Crippen molar-refractivity contribution in [2.75, 3.05) is 37.8 Å². The molecule has 1 aromatic heterocycles. The molecular weight excluding hydrogens is 356 g/mol. The zero-order chi connectivity index (χ0) is 19.9. The Morgan fingerprint density at radius 3 is 2.32 bits per heavy atom. The van der Waals surface area contributed by atoms with E-state index >= 15 is 0 Å². The van der Waals surface area contributed by atoms with E-state index in [2.05, 4.69) is 20.6 Å². The van der Waals surface area contributed by atoms with E-state index in [0.717, 1.165) is 37.1 Å². The predicted molar refractivity (Wildman–Crippen MR) is 108 cm³/mol. The Labute approximate surface area is 165 Å². The summed E-state index contributed by atoms with van der Waals surface area (Å²) in [5.41, 5.74) is 2.48. The van der Waals surface area contributed by atoms with E-state index in [9.17, 15) is 9.59 Å². The number of nitrogens with one attached hydrogen (secondary N) is 2. The van der Waals surface area contributed by atoms with Crippen LogP contribution in [-0.4, -0.2) is 58.9 Å². The Morgan fingerprint density at radius 2 is 1.71 bits per heavy atom. The Kier molecular flexibility index (Phi) is 6.41. The van der Waals surface area contributed by atoms with E-state index in [4.69, 9.17) is 0 Å². The van der Waals surface area contributed by atoms with Crippen LogP contribution in [0.15, 0.2) is 36.7 Å². The molecule has 1 aliphatic rings. The molecule has 2 heterocycles. The summed E-state index contributed by atoms with van der Waals surface area (Å²) in [4.78, 5) is 36.4. The van der Waals surface area contributed by atoms with Crippen molar-refractivity contribution in [1.29, 1.82) is 0 Å². The largest absolute Gasteiger partial charge is 0.357 e. The van der Waals surface area contributed by atoms with Crippen LogP contribution in [0.1, 0.15) is 24.0 Å². The van der Waals surface area contributed by atoms with Gasteiger partial charge in [0.2, 0.25) is 11.9 Å². The highest BCUT2D eigenvalue weighted by Gasteiger charge is 2.18. The van der Waals surface area contributed by atoms with Crippen LogP contribution < -0.4 is 10.6 Å². The molecule has 3 rings (SSSR count). The van der Waals surface area contributed by atoms with Gasteiger partial charge in [-0.3, -0.25) is 4.79 Å². The third kappa shape index (κ3) is 5.18. The van der Waals surface area contributed by atoms with Gasteiger partial charge in [0.15, 0.2) is 0 Å². The summed E-state index contributed by atoms with van der Waals surface area (Å²) in [6.45, 7) is 2.13. The first-order valence-corrected chi connectivity index (χ1v) is 9.42. The topological polar surface area (TPSA) is 90.5 Å². The van der Waals surface area contributed by atoms with Crippen molar-refractivity contribution in [2.45, 2.75) is 25.8 Å². The predicted octanol–water partition coefficient (Wildman–Crippen LogP) is 2.35. The van der Waals surface area contributed by atoms with E-state index in [1.807, 2.05) is 29.2 Å². The van der Waals surface area contributed by atoms with Gasteiger partial charge in [-0.15, -0.1) is 0 Å². The van der Waals surface area contributed by atoms with Gasteiger partial charge in [0.1, 0.15) is 0 Å². The Balaban J connectivity index is 1.50. The summed E-state index contributed by atoms with van der Waals surface area (Å²) in [5.74, 6) is 0.708. The number of hydrogen-bond donors (Lipinski definition) is 2. The Hall–Kier alpha value is -3.16. The molecule has 0 radical (unpaired) electrons. The van der Waals surface area contributed by atoms with Crippen molar-refractivity contribution < 1.29 is 9.59 Å². The van der Waals surface area contributed by atoms with Crippen LogP contribution in [0.4, 0.5) is 16.4 Å². The number of aromatic nitrogens is 2. The second kappa shape index (κ2) is 9.16. The lowest BCUT2D eigenvalue weighted by Crippen LogP contribution is -2.31. The molecule has 2 N–H and O–H groups in total. The second-order valence-corrected chi connectivity index (χ2v) is 6.91.